The van der Waals surface area contributed by atoms with Crippen LogP contribution in [0.3, 0.4) is 0 Å². The van der Waals surface area contributed by atoms with E-state index in [2.05, 4.69) is 6.92 Å². The average molecular weight is 425 g/mol. The highest BCUT2D eigenvalue weighted by Gasteiger charge is 1.99. The van der Waals surface area contributed by atoms with E-state index in [0.29, 0.717) is 0 Å². The fourth-order valence-electron chi connectivity index (χ4n) is 4.01. The average Bonchev–Trinajstić information content (AvgIpc) is 2.73. The molecule has 0 aliphatic heterocycles. The predicted molar refractivity (Wildman–Crippen MR) is 130 cm³/mol. The molecule has 3 heteroatoms. The SMILES string of the molecule is CCCCCCCCCCCCCCCCCCCCCCC=C(O)CCC(=O)O. The van der Waals surface area contributed by atoms with Gasteiger partial charge in [0.2, 0.25) is 0 Å². The Labute approximate surface area is 187 Å². The van der Waals surface area contributed by atoms with Gasteiger partial charge in [-0.15, -0.1) is 0 Å². The van der Waals surface area contributed by atoms with E-state index in [9.17, 15) is 9.90 Å². The van der Waals surface area contributed by atoms with Crippen LogP contribution in [0.4, 0.5) is 0 Å². The van der Waals surface area contributed by atoms with Gasteiger partial charge in [0.15, 0.2) is 0 Å². The molecule has 2 N–H and O–H groups in total. The number of unbranched alkanes of at least 4 members (excludes halogenated alkanes) is 20. The van der Waals surface area contributed by atoms with Crippen molar-refractivity contribution in [2.24, 2.45) is 0 Å². The molecule has 0 amide bonds. The first-order chi connectivity index (χ1) is 14.7. The zero-order valence-electron chi connectivity index (χ0n) is 20.1. The van der Waals surface area contributed by atoms with Crippen LogP contribution in [0.2, 0.25) is 0 Å². The zero-order chi connectivity index (χ0) is 22.1. The maximum Gasteiger partial charge on any atom is 0.303 e. The molecule has 178 valence electrons. The maximum absolute atomic E-state index is 10.4. The van der Waals surface area contributed by atoms with E-state index < -0.39 is 5.97 Å². The van der Waals surface area contributed by atoms with Crippen LogP contribution < -0.4 is 0 Å². The van der Waals surface area contributed by atoms with Crippen LogP contribution in [0.1, 0.15) is 155 Å². The number of carbonyl (C=O) groups is 1. The molecule has 3 nitrogen and oxygen atoms in total. The standard InChI is InChI=1S/C27H52O3/c1-2-3-4-5-6-7-8-9-10-11-12-13-14-15-16-17-18-19-20-21-22-23-26(28)24-25-27(29)30/h23,28H,2-22,24-25H2,1H3,(H,29,30). The largest absolute Gasteiger partial charge is 0.513 e. The predicted octanol–water partition coefficient (Wildman–Crippen LogP) is 9.51. The van der Waals surface area contributed by atoms with E-state index in [0.717, 1.165) is 12.8 Å². The van der Waals surface area contributed by atoms with Gasteiger partial charge in [-0.3, -0.25) is 4.79 Å². The fraction of sp³-hybridized carbons (Fsp3) is 0.889. The number of aliphatic carboxylic acids is 1. The Balaban J connectivity index is 3.13. The second kappa shape index (κ2) is 24.3. The van der Waals surface area contributed by atoms with Crippen LogP contribution in [0.5, 0.6) is 0 Å². The third kappa shape index (κ3) is 25.0. The summed E-state index contributed by atoms with van der Waals surface area (Å²) in [5.41, 5.74) is 0. The van der Waals surface area contributed by atoms with Crippen molar-refractivity contribution >= 4 is 5.97 Å². The smallest absolute Gasteiger partial charge is 0.303 e. The minimum atomic E-state index is -0.853. The molecule has 0 saturated carbocycles. The molecule has 0 unspecified atom stereocenters. The lowest BCUT2D eigenvalue weighted by Crippen LogP contribution is -1.95. The quantitative estimate of drug-likeness (QED) is 0.120. The summed E-state index contributed by atoms with van der Waals surface area (Å²) < 4.78 is 0. The van der Waals surface area contributed by atoms with Gasteiger partial charge < -0.3 is 10.2 Å². The molecule has 0 aliphatic carbocycles. The lowest BCUT2D eigenvalue weighted by atomic mass is 10.0. The molecule has 0 aromatic heterocycles. The number of rotatable bonds is 24. The second-order valence-corrected chi connectivity index (χ2v) is 9.10. The lowest BCUT2D eigenvalue weighted by molar-refractivity contribution is -0.137. The van der Waals surface area contributed by atoms with E-state index in [1.807, 2.05) is 0 Å². The Morgan fingerprint density at radius 2 is 0.867 bits per heavy atom. The van der Waals surface area contributed by atoms with Crippen LogP contribution in [0, 0.1) is 0 Å². The summed E-state index contributed by atoms with van der Waals surface area (Å²) in [6, 6.07) is 0. The van der Waals surface area contributed by atoms with Gasteiger partial charge in [-0.05, 0) is 18.9 Å². The number of carboxylic acid groups (broad SMARTS) is 1. The third-order valence-corrected chi connectivity index (χ3v) is 6.03. The molecule has 0 aromatic rings. The third-order valence-electron chi connectivity index (χ3n) is 6.03. The van der Waals surface area contributed by atoms with Gasteiger partial charge in [-0.2, -0.15) is 0 Å². The number of allylic oxidation sites excluding steroid dienone is 2. The number of aliphatic hydroxyl groups excluding tert-OH is 1. The number of hydrogen-bond donors (Lipinski definition) is 2. The maximum atomic E-state index is 10.4. The number of carboxylic acids is 1. The van der Waals surface area contributed by atoms with Crippen molar-refractivity contribution in [2.45, 2.75) is 155 Å². The second-order valence-electron chi connectivity index (χ2n) is 9.10. The molecule has 0 heterocycles. The highest BCUT2D eigenvalue weighted by molar-refractivity contribution is 5.66. The molecule has 0 saturated heterocycles. The van der Waals surface area contributed by atoms with Crippen molar-refractivity contribution in [1.82, 2.24) is 0 Å². The molecule has 0 fully saturated rings. The number of aliphatic hydroxyl groups is 1. The van der Waals surface area contributed by atoms with Crippen molar-refractivity contribution in [3.05, 3.63) is 11.8 Å². The molecular weight excluding hydrogens is 372 g/mol. The topological polar surface area (TPSA) is 57.5 Å². The van der Waals surface area contributed by atoms with Crippen molar-refractivity contribution in [2.75, 3.05) is 0 Å². The first-order valence-electron chi connectivity index (χ1n) is 13.3. The van der Waals surface area contributed by atoms with Crippen LogP contribution in [-0.2, 0) is 4.79 Å². The van der Waals surface area contributed by atoms with Crippen molar-refractivity contribution in [3.8, 4) is 0 Å². The van der Waals surface area contributed by atoms with Gasteiger partial charge in [-0.1, -0.05) is 129 Å². The minimum absolute atomic E-state index is 0.0155. The molecular formula is C27H52O3. The van der Waals surface area contributed by atoms with E-state index in [-0.39, 0.29) is 18.6 Å². The molecule has 0 rings (SSSR count). The summed E-state index contributed by atoms with van der Waals surface area (Å²) in [6.07, 6.45) is 30.6. The molecule has 0 aromatic carbocycles. The zero-order valence-corrected chi connectivity index (χ0v) is 20.1. The first-order valence-corrected chi connectivity index (χ1v) is 13.3. The monoisotopic (exact) mass is 424 g/mol. The highest BCUT2D eigenvalue weighted by atomic mass is 16.4. The first kappa shape index (κ1) is 29.0. The van der Waals surface area contributed by atoms with Gasteiger partial charge in [0.25, 0.3) is 0 Å². The van der Waals surface area contributed by atoms with Crippen LogP contribution >= 0.6 is 0 Å². The van der Waals surface area contributed by atoms with Gasteiger partial charge >= 0.3 is 5.97 Å². The molecule has 0 radical (unpaired) electrons. The van der Waals surface area contributed by atoms with Gasteiger partial charge in [0.05, 0.1) is 12.2 Å². The summed E-state index contributed by atoms with van der Waals surface area (Å²) in [5.74, 6) is -0.621. The van der Waals surface area contributed by atoms with E-state index in [1.54, 1.807) is 6.08 Å². The summed E-state index contributed by atoms with van der Waals surface area (Å²) in [6.45, 7) is 2.28. The molecule has 0 spiro atoms. The normalized spacial score (nSPS) is 11.8. The van der Waals surface area contributed by atoms with Gasteiger partial charge in [-0.25, -0.2) is 0 Å². The minimum Gasteiger partial charge on any atom is -0.513 e. The summed E-state index contributed by atoms with van der Waals surface area (Å²) in [7, 11) is 0. The summed E-state index contributed by atoms with van der Waals surface area (Å²) in [4.78, 5) is 10.4. The molecule has 0 aliphatic rings. The Morgan fingerprint density at radius 3 is 1.20 bits per heavy atom. The van der Waals surface area contributed by atoms with Crippen LogP contribution in [0.25, 0.3) is 0 Å². The molecule has 0 bridgehead atoms. The van der Waals surface area contributed by atoms with Crippen molar-refractivity contribution in [1.29, 1.82) is 0 Å². The Bertz CT molecular complexity index is 390. The van der Waals surface area contributed by atoms with Crippen LogP contribution in [-0.4, -0.2) is 16.2 Å². The van der Waals surface area contributed by atoms with E-state index in [4.69, 9.17) is 5.11 Å². The lowest BCUT2D eigenvalue weighted by Gasteiger charge is -2.04. The fourth-order valence-corrected chi connectivity index (χ4v) is 4.01. The van der Waals surface area contributed by atoms with Crippen molar-refractivity contribution in [3.63, 3.8) is 0 Å². The van der Waals surface area contributed by atoms with E-state index >= 15 is 0 Å². The van der Waals surface area contributed by atoms with Gasteiger partial charge in [0, 0.05) is 6.42 Å². The molecule has 0 atom stereocenters. The van der Waals surface area contributed by atoms with E-state index in [1.165, 1.54) is 122 Å². The Kier molecular flexibility index (Phi) is 23.5. The Morgan fingerprint density at radius 1 is 0.533 bits per heavy atom. The van der Waals surface area contributed by atoms with Crippen molar-refractivity contribution < 1.29 is 15.0 Å². The summed E-state index contributed by atoms with van der Waals surface area (Å²) in [5, 5.41) is 18.1. The highest BCUT2D eigenvalue weighted by Crippen LogP contribution is 2.15. The summed E-state index contributed by atoms with van der Waals surface area (Å²) >= 11 is 0. The Hall–Kier alpha value is -0.990. The van der Waals surface area contributed by atoms with Gasteiger partial charge in [0.1, 0.15) is 0 Å². The molecule has 30 heavy (non-hydrogen) atoms. The van der Waals surface area contributed by atoms with Crippen LogP contribution in [0.15, 0.2) is 11.8 Å². The number of hydrogen-bond acceptors (Lipinski definition) is 2.